The number of hydrogen-bond donors (Lipinski definition) is 0. The van der Waals surface area contributed by atoms with E-state index in [0.717, 1.165) is 51.4 Å². The molecule has 5 heteroatoms. The lowest BCUT2D eigenvalue weighted by Gasteiger charge is -2.33. The van der Waals surface area contributed by atoms with Crippen molar-refractivity contribution < 1.29 is 23.8 Å². The van der Waals surface area contributed by atoms with E-state index in [4.69, 9.17) is 14.2 Å². The second kappa shape index (κ2) is 9.54. The zero-order valence-electron chi connectivity index (χ0n) is 16.9. The third-order valence-electron chi connectivity index (χ3n) is 5.63. The van der Waals surface area contributed by atoms with Crippen molar-refractivity contribution in [2.24, 2.45) is 0 Å². The lowest BCUT2D eigenvalue weighted by molar-refractivity contribution is -0.156. The highest BCUT2D eigenvalue weighted by atomic mass is 16.6. The fraction of sp³-hybridized carbons (Fsp3) is 0.727. The largest absolute Gasteiger partial charge is 0.456 e. The van der Waals surface area contributed by atoms with Crippen LogP contribution >= 0.6 is 0 Å². The maximum Gasteiger partial charge on any atom is 0.336 e. The fourth-order valence-corrected chi connectivity index (χ4v) is 3.81. The molecule has 5 nitrogen and oxygen atoms in total. The topological polar surface area (TPSA) is 61.8 Å². The third-order valence-corrected chi connectivity index (χ3v) is 5.63. The Labute approximate surface area is 163 Å². The van der Waals surface area contributed by atoms with Crippen molar-refractivity contribution in [2.45, 2.75) is 89.3 Å². The second-order valence-electron chi connectivity index (χ2n) is 8.50. The van der Waals surface area contributed by atoms with Crippen LogP contribution in [0.15, 0.2) is 24.3 Å². The molecule has 0 bridgehead atoms. The molecule has 0 N–H and O–H groups in total. The molecule has 0 amide bonds. The fourth-order valence-electron chi connectivity index (χ4n) is 3.81. The zero-order chi connectivity index (χ0) is 19.9. The molecular weight excluding hydrogens is 344 g/mol. The van der Waals surface area contributed by atoms with E-state index < -0.39 is 23.1 Å². The number of carbonyl (C=O) groups is 2. The van der Waals surface area contributed by atoms with Crippen molar-refractivity contribution in [3.05, 3.63) is 24.3 Å². The van der Waals surface area contributed by atoms with Gasteiger partial charge in [0.2, 0.25) is 0 Å². The lowest BCUT2D eigenvalue weighted by atomic mass is 9.86. The van der Waals surface area contributed by atoms with Crippen molar-refractivity contribution >= 4 is 11.9 Å². The highest BCUT2D eigenvalue weighted by Gasteiger charge is 2.32. The van der Waals surface area contributed by atoms with E-state index in [1.807, 2.05) is 13.8 Å². The molecule has 2 aliphatic carbocycles. The van der Waals surface area contributed by atoms with Crippen LogP contribution in [-0.4, -0.2) is 36.4 Å². The molecule has 0 aromatic rings. The Balaban J connectivity index is 1.69. The van der Waals surface area contributed by atoms with E-state index in [9.17, 15) is 9.59 Å². The SMILES string of the molecule is C=C(COCC(=C)C(=O)OC1(C)CCCCC1)C(=O)OC1(C)CCCCC1. The van der Waals surface area contributed by atoms with Crippen LogP contribution in [0.25, 0.3) is 0 Å². The van der Waals surface area contributed by atoms with E-state index >= 15 is 0 Å². The van der Waals surface area contributed by atoms with Gasteiger partial charge in [0, 0.05) is 0 Å². The maximum absolute atomic E-state index is 12.2. The quantitative estimate of drug-likeness (QED) is 0.454. The molecule has 0 unspecified atom stereocenters. The molecule has 0 saturated heterocycles. The van der Waals surface area contributed by atoms with E-state index in [1.54, 1.807) is 0 Å². The highest BCUT2D eigenvalue weighted by Crippen LogP contribution is 2.32. The van der Waals surface area contributed by atoms with Gasteiger partial charge in [-0.1, -0.05) is 26.0 Å². The van der Waals surface area contributed by atoms with Crippen molar-refractivity contribution in [1.29, 1.82) is 0 Å². The number of rotatable bonds is 8. The summed E-state index contributed by atoms with van der Waals surface area (Å²) in [4.78, 5) is 24.4. The standard InChI is InChI=1S/C22H34O5/c1-17(19(23)26-21(3)11-7-5-8-12-21)15-25-16-18(2)20(24)27-22(4)13-9-6-10-14-22/h1-2,5-16H2,3-4H3. The monoisotopic (exact) mass is 378 g/mol. The van der Waals surface area contributed by atoms with Gasteiger partial charge in [0.05, 0.1) is 24.4 Å². The smallest absolute Gasteiger partial charge is 0.336 e. The molecule has 152 valence electrons. The van der Waals surface area contributed by atoms with Gasteiger partial charge in [-0.05, 0) is 65.2 Å². The van der Waals surface area contributed by atoms with Gasteiger partial charge in [-0.15, -0.1) is 0 Å². The average molecular weight is 379 g/mol. The average Bonchev–Trinajstić information content (AvgIpc) is 2.61. The summed E-state index contributed by atoms with van der Waals surface area (Å²) in [6, 6.07) is 0. The summed E-state index contributed by atoms with van der Waals surface area (Å²) in [6.45, 7) is 11.5. The Hall–Kier alpha value is -1.62. The molecule has 0 heterocycles. The predicted octanol–water partition coefficient (Wildman–Crippen LogP) is 4.65. The van der Waals surface area contributed by atoms with Gasteiger partial charge in [-0.3, -0.25) is 0 Å². The van der Waals surface area contributed by atoms with Gasteiger partial charge in [-0.2, -0.15) is 0 Å². The van der Waals surface area contributed by atoms with E-state index in [2.05, 4.69) is 13.2 Å². The normalized spacial score (nSPS) is 21.1. The molecule has 2 rings (SSSR count). The van der Waals surface area contributed by atoms with Crippen LogP contribution in [0.3, 0.4) is 0 Å². The summed E-state index contributed by atoms with van der Waals surface area (Å²) in [7, 11) is 0. The summed E-state index contributed by atoms with van der Waals surface area (Å²) >= 11 is 0. The van der Waals surface area contributed by atoms with Crippen LogP contribution in [0.1, 0.15) is 78.1 Å². The molecule has 0 aromatic carbocycles. The number of ether oxygens (including phenoxy) is 3. The molecule has 0 radical (unpaired) electrons. The minimum Gasteiger partial charge on any atom is -0.456 e. The molecule has 2 saturated carbocycles. The van der Waals surface area contributed by atoms with Gasteiger partial charge in [0.25, 0.3) is 0 Å². The Morgan fingerprint density at radius 2 is 1.04 bits per heavy atom. The van der Waals surface area contributed by atoms with Crippen LogP contribution in [0.5, 0.6) is 0 Å². The van der Waals surface area contributed by atoms with Gasteiger partial charge in [-0.25, -0.2) is 9.59 Å². The molecule has 0 atom stereocenters. The Morgan fingerprint density at radius 3 is 1.37 bits per heavy atom. The summed E-state index contributed by atoms with van der Waals surface area (Å²) in [5, 5.41) is 0. The maximum atomic E-state index is 12.2. The number of esters is 2. The first-order valence-electron chi connectivity index (χ1n) is 10.1. The van der Waals surface area contributed by atoms with Crippen LogP contribution in [0.2, 0.25) is 0 Å². The number of carbonyl (C=O) groups excluding carboxylic acids is 2. The zero-order valence-corrected chi connectivity index (χ0v) is 16.9. The first kappa shape index (κ1) is 21.7. The van der Waals surface area contributed by atoms with Crippen LogP contribution in [-0.2, 0) is 23.8 Å². The molecule has 0 spiro atoms. The highest BCUT2D eigenvalue weighted by molar-refractivity contribution is 5.89. The van der Waals surface area contributed by atoms with Gasteiger partial charge >= 0.3 is 11.9 Å². The van der Waals surface area contributed by atoms with Crippen LogP contribution < -0.4 is 0 Å². The summed E-state index contributed by atoms with van der Waals surface area (Å²) < 4.78 is 16.7. The lowest BCUT2D eigenvalue weighted by Crippen LogP contribution is -2.35. The first-order valence-corrected chi connectivity index (χ1v) is 10.1. The van der Waals surface area contributed by atoms with Crippen molar-refractivity contribution in [2.75, 3.05) is 13.2 Å². The Kier molecular flexibility index (Phi) is 7.66. The van der Waals surface area contributed by atoms with E-state index in [0.29, 0.717) is 0 Å². The Bertz CT molecular complexity index is 515. The number of hydrogen-bond acceptors (Lipinski definition) is 5. The van der Waals surface area contributed by atoms with Gasteiger partial charge < -0.3 is 14.2 Å². The minimum atomic E-state index is -0.428. The second-order valence-corrected chi connectivity index (χ2v) is 8.50. The van der Waals surface area contributed by atoms with E-state index in [-0.39, 0.29) is 24.4 Å². The molecule has 27 heavy (non-hydrogen) atoms. The summed E-state index contributed by atoms with van der Waals surface area (Å²) in [5.41, 5.74) is -0.299. The molecule has 2 aliphatic rings. The third kappa shape index (κ3) is 6.80. The minimum absolute atomic E-state index is 0.0124. The summed E-state index contributed by atoms with van der Waals surface area (Å²) in [5.74, 6) is -0.857. The van der Waals surface area contributed by atoms with Crippen LogP contribution in [0, 0.1) is 0 Å². The molecular formula is C22H34O5. The summed E-state index contributed by atoms with van der Waals surface area (Å²) in [6.07, 6.45) is 10.2. The van der Waals surface area contributed by atoms with Crippen molar-refractivity contribution in [1.82, 2.24) is 0 Å². The van der Waals surface area contributed by atoms with E-state index in [1.165, 1.54) is 12.8 Å². The van der Waals surface area contributed by atoms with Gasteiger partial charge in [0.1, 0.15) is 11.2 Å². The van der Waals surface area contributed by atoms with Crippen LogP contribution in [0.4, 0.5) is 0 Å². The molecule has 0 aromatic heterocycles. The molecule has 2 fully saturated rings. The predicted molar refractivity (Wildman–Crippen MR) is 104 cm³/mol. The van der Waals surface area contributed by atoms with Crippen molar-refractivity contribution in [3.63, 3.8) is 0 Å². The Morgan fingerprint density at radius 1 is 0.704 bits per heavy atom. The first-order chi connectivity index (χ1) is 12.7. The van der Waals surface area contributed by atoms with Crippen molar-refractivity contribution in [3.8, 4) is 0 Å². The van der Waals surface area contributed by atoms with Gasteiger partial charge in [0.15, 0.2) is 0 Å². The molecule has 0 aliphatic heterocycles.